The number of benzene rings is 1. The maximum Gasteiger partial charge on any atom is 0.224 e. The number of aromatic nitrogens is 3. The monoisotopic (exact) mass is 304 g/mol. The van der Waals surface area contributed by atoms with E-state index in [2.05, 4.69) is 10.2 Å². The molecular weight excluding hydrogens is 284 g/mol. The highest BCUT2D eigenvalue weighted by Crippen LogP contribution is 2.18. The highest BCUT2D eigenvalue weighted by atomic mass is 32.1. The Balaban J connectivity index is 2.21. The average molecular weight is 304 g/mol. The van der Waals surface area contributed by atoms with Crippen molar-refractivity contribution < 1.29 is 4.79 Å². The first-order chi connectivity index (χ1) is 10.0. The molecule has 0 saturated heterocycles. The molecule has 112 valence electrons. The van der Waals surface area contributed by atoms with Gasteiger partial charge in [-0.05, 0) is 26.1 Å². The van der Waals surface area contributed by atoms with Gasteiger partial charge in [-0.1, -0.05) is 29.8 Å². The van der Waals surface area contributed by atoms with E-state index in [1.807, 2.05) is 42.7 Å². The number of nitrogens with one attached hydrogen (secondary N) is 1. The molecule has 1 N–H and O–H groups in total. The van der Waals surface area contributed by atoms with Crippen LogP contribution in [-0.4, -0.2) is 39.2 Å². The number of hydrogen-bond acceptors (Lipinski definition) is 3. The Morgan fingerprint density at radius 3 is 2.67 bits per heavy atom. The third-order valence-corrected chi connectivity index (χ3v) is 3.83. The van der Waals surface area contributed by atoms with Crippen LogP contribution in [0.4, 0.5) is 0 Å². The smallest absolute Gasteiger partial charge is 0.224 e. The number of hydrogen-bond donors (Lipinski definition) is 1. The van der Waals surface area contributed by atoms with Crippen molar-refractivity contribution in [2.24, 2.45) is 0 Å². The molecule has 5 nitrogen and oxygen atoms in total. The van der Waals surface area contributed by atoms with Crippen molar-refractivity contribution in [1.29, 1.82) is 0 Å². The van der Waals surface area contributed by atoms with E-state index in [1.165, 1.54) is 5.56 Å². The Labute approximate surface area is 129 Å². The third kappa shape index (κ3) is 3.58. The Bertz CT molecular complexity index is 672. The standard InChI is InChI=1S/C15H20N4OS/c1-4-18(3)13(20)9-10-19-14(16-17-15(19)21)12-7-5-11(2)6-8-12/h5-8H,4,9-10H2,1-3H3,(H,17,21). The van der Waals surface area contributed by atoms with Gasteiger partial charge in [0.05, 0.1) is 0 Å². The van der Waals surface area contributed by atoms with Gasteiger partial charge in [0.2, 0.25) is 5.91 Å². The molecule has 0 fully saturated rings. The summed E-state index contributed by atoms with van der Waals surface area (Å²) >= 11 is 5.26. The first-order valence-electron chi connectivity index (χ1n) is 6.99. The number of nitrogens with zero attached hydrogens (tertiary/aromatic N) is 3. The normalized spacial score (nSPS) is 10.6. The van der Waals surface area contributed by atoms with Crippen molar-refractivity contribution in [3.63, 3.8) is 0 Å². The van der Waals surface area contributed by atoms with Gasteiger partial charge in [-0.2, -0.15) is 5.10 Å². The van der Waals surface area contributed by atoms with Crippen LogP contribution in [0.5, 0.6) is 0 Å². The van der Waals surface area contributed by atoms with Gasteiger partial charge in [-0.15, -0.1) is 0 Å². The fourth-order valence-corrected chi connectivity index (χ4v) is 2.25. The minimum atomic E-state index is 0.107. The largest absolute Gasteiger partial charge is 0.346 e. The molecule has 0 radical (unpaired) electrons. The van der Waals surface area contributed by atoms with Crippen LogP contribution in [0.25, 0.3) is 11.4 Å². The third-order valence-electron chi connectivity index (χ3n) is 3.52. The summed E-state index contributed by atoms with van der Waals surface area (Å²) in [7, 11) is 1.80. The summed E-state index contributed by atoms with van der Waals surface area (Å²) in [6, 6.07) is 8.09. The van der Waals surface area contributed by atoms with Crippen molar-refractivity contribution in [2.75, 3.05) is 13.6 Å². The zero-order valence-corrected chi connectivity index (χ0v) is 13.4. The lowest BCUT2D eigenvalue weighted by atomic mass is 10.1. The second-order valence-electron chi connectivity index (χ2n) is 5.03. The van der Waals surface area contributed by atoms with Crippen LogP contribution < -0.4 is 0 Å². The number of carbonyl (C=O) groups excluding carboxylic acids is 1. The highest BCUT2D eigenvalue weighted by Gasteiger charge is 2.12. The second-order valence-corrected chi connectivity index (χ2v) is 5.41. The number of amides is 1. The van der Waals surface area contributed by atoms with Gasteiger partial charge in [0, 0.05) is 32.1 Å². The van der Waals surface area contributed by atoms with E-state index in [1.54, 1.807) is 11.9 Å². The first-order valence-corrected chi connectivity index (χ1v) is 7.40. The fourth-order valence-electron chi connectivity index (χ4n) is 2.02. The maximum absolute atomic E-state index is 11.9. The summed E-state index contributed by atoms with van der Waals surface area (Å²) in [5, 5.41) is 7.09. The van der Waals surface area contributed by atoms with Gasteiger partial charge in [0.1, 0.15) is 0 Å². The lowest BCUT2D eigenvalue weighted by Crippen LogP contribution is -2.27. The molecule has 1 heterocycles. The van der Waals surface area contributed by atoms with E-state index >= 15 is 0 Å². The number of H-pyrrole nitrogens is 1. The summed E-state index contributed by atoms with van der Waals surface area (Å²) in [6.07, 6.45) is 0.414. The van der Waals surface area contributed by atoms with Gasteiger partial charge in [-0.3, -0.25) is 14.5 Å². The van der Waals surface area contributed by atoms with Gasteiger partial charge >= 0.3 is 0 Å². The van der Waals surface area contributed by atoms with Crippen LogP contribution in [-0.2, 0) is 11.3 Å². The Morgan fingerprint density at radius 1 is 1.38 bits per heavy atom. The molecular formula is C15H20N4OS. The molecule has 0 aliphatic rings. The summed E-state index contributed by atoms with van der Waals surface area (Å²) in [4.78, 5) is 13.6. The number of rotatable bonds is 5. The molecule has 0 saturated carbocycles. The lowest BCUT2D eigenvalue weighted by Gasteiger charge is -2.14. The molecule has 0 atom stereocenters. The fraction of sp³-hybridized carbons (Fsp3) is 0.400. The number of aryl methyl sites for hydroxylation is 1. The van der Waals surface area contributed by atoms with Gasteiger partial charge < -0.3 is 4.90 Å². The summed E-state index contributed by atoms with van der Waals surface area (Å²) < 4.78 is 2.42. The molecule has 0 bridgehead atoms. The number of aromatic amines is 1. The summed E-state index contributed by atoms with van der Waals surface area (Å²) in [6.45, 7) is 5.24. The SMILES string of the molecule is CCN(C)C(=O)CCn1c(-c2ccc(C)cc2)n[nH]c1=S. The molecule has 1 aromatic heterocycles. The van der Waals surface area contributed by atoms with Gasteiger partial charge in [0.25, 0.3) is 0 Å². The van der Waals surface area contributed by atoms with Gasteiger partial charge in [-0.25, -0.2) is 0 Å². The van der Waals surface area contributed by atoms with Crippen molar-refractivity contribution in [3.05, 3.63) is 34.6 Å². The van der Waals surface area contributed by atoms with Crippen LogP contribution in [0.3, 0.4) is 0 Å². The molecule has 2 rings (SSSR count). The predicted molar refractivity (Wildman–Crippen MR) is 85.5 cm³/mol. The average Bonchev–Trinajstić information content (AvgIpc) is 2.85. The molecule has 2 aromatic rings. The Morgan fingerprint density at radius 2 is 2.05 bits per heavy atom. The summed E-state index contributed by atoms with van der Waals surface area (Å²) in [5.74, 6) is 0.877. The van der Waals surface area contributed by atoms with Crippen molar-refractivity contribution in [1.82, 2.24) is 19.7 Å². The Kier molecular flexibility index (Phi) is 4.90. The van der Waals surface area contributed by atoms with E-state index in [9.17, 15) is 4.79 Å². The molecule has 1 aromatic carbocycles. The molecule has 0 aliphatic heterocycles. The highest BCUT2D eigenvalue weighted by molar-refractivity contribution is 7.71. The van der Waals surface area contributed by atoms with Crippen molar-refractivity contribution in [3.8, 4) is 11.4 Å². The molecule has 6 heteroatoms. The minimum Gasteiger partial charge on any atom is -0.346 e. The molecule has 0 unspecified atom stereocenters. The zero-order valence-electron chi connectivity index (χ0n) is 12.6. The quantitative estimate of drug-likeness (QED) is 0.864. The van der Waals surface area contributed by atoms with E-state index in [0.717, 1.165) is 11.4 Å². The van der Waals surface area contributed by atoms with Crippen LogP contribution in [0.1, 0.15) is 18.9 Å². The minimum absolute atomic E-state index is 0.107. The Hall–Kier alpha value is -1.95. The van der Waals surface area contributed by atoms with Crippen molar-refractivity contribution in [2.45, 2.75) is 26.8 Å². The molecule has 0 spiro atoms. The second kappa shape index (κ2) is 6.67. The van der Waals surface area contributed by atoms with E-state index in [4.69, 9.17) is 12.2 Å². The van der Waals surface area contributed by atoms with Crippen LogP contribution >= 0.6 is 12.2 Å². The lowest BCUT2D eigenvalue weighted by molar-refractivity contribution is -0.129. The van der Waals surface area contributed by atoms with Crippen LogP contribution in [0, 0.1) is 11.7 Å². The van der Waals surface area contributed by atoms with E-state index < -0.39 is 0 Å². The van der Waals surface area contributed by atoms with Crippen LogP contribution in [0.15, 0.2) is 24.3 Å². The maximum atomic E-state index is 11.9. The first kappa shape index (κ1) is 15.4. The molecule has 21 heavy (non-hydrogen) atoms. The van der Waals surface area contributed by atoms with Crippen molar-refractivity contribution >= 4 is 18.1 Å². The van der Waals surface area contributed by atoms with Crippen LogP contribution in [0.2, 0.25) is 0 Å². The van der Waals surface area contributed by atoms with E-state index in [0.29, 0.717) is 24.3 Å². The van der Waals surface area contributed by atoms with E-state index in [-0.39, 0.29) is 5.91 Å². The number of carbonyl (C=O) groups is 1. The molecule has 0 aliphatic carbocycles. The topological polar surface area (TPSA) is 53.9 Å². The molecule has 1 amide bonds. The van der Waals surface area contributed by atoms with Gasteiger partial charge in [0.15, 0.2) is 10.6 Å². The summed E-state index contributed by atoms with van der Waals surface area (Å²) in [5.41, 5.74) is 2.18. The predicted octanol–water partition coefficient (Wildman–Crippen LogP) is 2.78. The zero-order chi connectivity index (χ0) is 15.4.